The van der Waals surface area contributed by atoms with E-state index in [1.165, 1.54) is 0 Å². The van der Waals surface area contributed by atoms with Gasteiger partial charge in [-0.15, -0.1) is 5.10 Å². The first-order valence-electron chi connectivity index (χ1n) is 10.5. The second-order valence-electron chi connectivity index (χ2n) is 7.77. The molecule has 2 heterocycles. The van der Waals surface area contributed by atoms with Gasteiger partial charge in [-0.25, -0.2) is 4.68 Å². The molecule has 0 bridgehead atoms. The van der Waals surface area contributed by atoms with Gasteiger partial charge in [0.25, 0.3) is 0 Å². The molecule has 8 heteroatoms. The van der Waals surface area contributed by atoms with Crippen LogP contribution in [0, 0.1) is 0 Å². The number of fused-ring (bicyclic) bond motifs is 2. The summed E-state index contributed by atoms with van der Waals surface area (Å²) in [6.45, 7) is 1.80. The highest BCUT2D eigenvalue weighted by Gasteiger charge is 2.35. The topological polar surface area (TPSA) is 104 Å². The van der Waals surface area contributed by atoms with Gasteiger partial charge in [0.2, 0.25) is 11.9 Å². The van der Waals surface area contributed by atoms with Crippen LogP contribution in [0.4, 0.5) is 5.95 Å². The van der Waals surface area contributed by atoms with E-state index in [0.29, 0.717) is 40.1 Å². The van der Waals surface area contributed by atoms with Crippen molar-refractivity contribution < 1.29 is 14.3 Å². The van der Waals surface area contributed by atoms with E-state index in [9.17, 15) is 4.79 Å². The smallest absolute Gasteiger partial charge is 0.248 e. The molecule has 1 atom stereocenters. The van der Waals surface area contributed by atoms with Gasteiger partial charge < -0.3 is 20.5 Å². The van der Waals surface area contributed by atoms with Gasteiger partial charge in [-0.2, -0.15) is 4.98 Å². The van der Waals surface area contributed by atoms with Crippen molar-refractivity contribution in [1.82, 2.24) is 14.8 Å². The Balaban J connectivity index is 1.74. The number of rotatable bonds is 5. The van der Waals surface area contributed by atoms with Gasteiger partial charge in [0.1, 0.15) is 17.5 Å². The van der Waals surface area contributed by atoms with E-state index < -0.39 is 11.9 Å². The summed E-state index contributed by atoms with van der Waals surface area (Å²) in [5.41, 5.74) is 8.41. The van der Waals surface area contributed by atoms with Gasteiger partial charge in [0.05, 0.1) is 19.8 Å². The Morgan fingerprint density at radius 3 is 2.61 bits per heavy atom. The lowest BCUT2D eigenvalue weighted by molar-refractivity contribution is -0.115. The third kappa shape index (κ3) is 3.36. The molecule has 1 unspecified atom stereocenters. The summed E-state index contributed by atoms with van der Waals surface area (Å²) in [7, 11) is 3.17. The molecule has 0 saturated heterocycles. The van der Waals surface area contributed by atoms with Gasteiger partial charge in [-0.1, -0.05) is 42.5 Å². The summed E-state index contributed by atoms with van der Waals surface area (Å²) in [6, 6.07) is 18.9. The highest BCUT2D eigenvalue weighted by Crippen LogP contribution is 2.41. The van der Waals surface area contributed by atoms with Crippen molar-refractivity contribution in [3.05, 3.63) is 77.5 Å². The van der Waals surface area contributed by atoms with Crippen molar-refractivity contribution in [3.8, 4) is 22.9 Å². The van der Waals surface area contributed by atoms with Crippen LogP contribution < -0.4 is 20.5 Å². The van der Waals surface area contributed by atoms with E-state index in [1.54, 1.807) is 38.0 Å². The first-order chi connectivity index (χ1) is 16.0. The number of hydrogen-bond acceptors (Lipinski definition) is 6. The minimum absolute atomic E-state index is 0.378. The van der Waals surface area contributed by atoms with Crippen LogP contribution >= 0.6 is 0 Å². The lowest BCUT2D eigenvalue weighted by Gasteiger charge is -2.28. The van der Waals surface area contributed by atoms with Gasteiger partial charge in [0.15, 0.2) is 5.82 Å². The number of benzene rings is 3. The molecule has 1 aliphatic rings. The second kappa shape index (κ2) is 7.98. The maximum Gasteiger partial charge on any atom is 0.248 e. The minimum atomic E-state index is -0.639. The highest BCUT2D eigenvalue weighted by molar-refractivity contribution is 5.97. The molecule has 4 aromatic rings. The number of carbonyl (C=O) groups excluding carboxylic acids is 1. The Labute approximate surface area is 190 Å². The molecule has 3 aromatic carbocycles. The maximum absolute atomic E-state index is 12.6. The molecule has 1 aliphatic heterocycles. The molecule has 8 nitrogen and oxygen atoms in total. The molecule has 0 aliphatic carbocycles. The quantitative estimate of drug-likeness (QED) is 0.487. The molecule has 0 radical (unpaired) electrons. The number of carbonyl (C=O) groups is 1. The van der Waals surface area contributed by atoms with E-state index in [1.807, 2.05) is 48.5 Å². The lowest BCUT2D eigenvalue weighted by atomic mass is 9.94. The summed E-state index contributed by atoms with van der Waals surface area (Å²) >= 11 is 0. The van der Waals surface area contributed by atoms with E-state index >= 15 is 0 Å². The van der Waals surface area contributed by atoms with Gasteiger partial charge in [-0.05, 0) is 35.9 Å². The van der Waals surface area contributed by atoms with E-state index in [4.69, 9.17) is 25.3 Å². The number of anilines is 1. The van der Waals surface area contributed by atoms with Crippen LogP contribution in [0.3, 0.4) is 0 Å². The number of allylic oxidation sites excluding steroid dienone is 1. The summed E-state index contributed by atoms with van der Waals surface area (Å²) in [6.07, 6.45) is 0. The zero-order valence-electron chi connectivity index (χ0n) is 18.5. The van der Waals surface area contributed by atoms with Crippen molar-refractivity contribution >= 4 is 22.6 Å². The molecule has 0 spiro atoms. The number of nitrogens with two attached hydrogens (primary N) is 1. The van der Waals surface area contributed by atoms with Gasteiger partial charge >= 0.3 is 0 Å². The fourth-order valence-electron chi connectivity index (χ4n) is 4.35. The molecule has 1 amide bonds. The van der Waals surface area contributed by atoms with Crippen LogP contribution in [0.2, 0.25) is 0 Å². The van der Waals surface area contributed by atoms with Crippen LogP contribution in [-0.2, 0) is 4.79 Å². The van der Waals surface area contributed by atoms with E-state index in [0.717, 1.165) is 16.3 Å². The third-order valence-electron chi connectivity index (χ3n) is 5.88. The number of primary amides is 1. The zero-order chi connectivity index (χ0) is 23.1. The minimum Gasteiger partial charge on any atom is -0.497 e. The number of aromatic nitrogens is 3. The van der Waals surface area contributed by atoms with E-state index in [2.05, 4.69) is 5.32 Å². The van der Waals surface area contributed by atoms with Crippen LogP contribution in [-0.4, -0.2) is 34.9 Å². The van der Waals surface area contributed by atoms with E-state index in [-0.39, 0.29) is 0 Å². The van der Waals surface area contributed by atoms with Crippen LogP contribution in [0.15, 0.2) is 71.9 Å². The molecular weight excluding hydrogens is 418 g/mol. The fourth-order valence-corrected chi connectivity index (χ4v) is 4.35. The number of nitrogens with one attached hydrogen (secondary N) is 1. The van der Waals surface area contributed by atoms with Crippen molar-refractivity contribution in [3.63, 3.8) is 0 Å². The average molecular weight is 441 g/mol. The van der Waals surface area contributed by atoms with Gasteiger partial charge in [-0.3, -0.25) is 4.79 Å². The summed E-state index contributed by atoms with van der Waals surface area (Å²) in [5, 5.41) is 10.2. The largest absolute Gasteiger partial charge is 0.497 e. The summed E-state index contributed by atoms with van der Waals surface area (Å²) in [4.78, 5) is 17.3. The Morgan fingerprint density at radius 1 is 1.06 bits per heavy atom. The van der Waals surface area contributed by atoms with Gasteiger partial charge in [0, 0.05) is 16.8 Å². The Hall–Kier alpha value is -4.33. The molecule has 1 aromatic heterocycles. The number of amides is 1. The van der Waals surface area contributed by atoms with Crippen molar-refractivity contribution in [2.75, 3.05) is 19.5 Å². The molecule has 0 fully saturated rings. The number of hydrogen-bond donors (Lipinski definition) is 2. The monoisotopic (exact) mass is 441 g/mol. The van der Waals surface area contributed by atoms with Crippen molar-refractivity contribution in [2.24, 2.45) is 5.73 Å². The Kier molecular flexibility index (Phi) is 4.97. The molecule has 3 N–H and O–H groups in total. The number of methoxy groups -OCH3 is 2. The lowest BCUT2D eigenvalue weighted by Crippen LogP contribution is -2.32. The van der Waals surface area contributed by atoms with Crippen LogP contribution in [0.1, 0.15) is 18.5 Å². The zero-order valence-corrected chi connectivity index (χ0v) is 18.5. The predicted molar refractivity (Wildman–Crippen MR) is 126 cm³/mol. The number of ether oxygens (including phenoxy) is 2. The van der Waals surface area contributed by atoms with Crippen molar-refractivity contribution in [1.29, 1.82) is 0 Å². The Morgan fingerprint density at radius 2 is 1.85 bits per heavy atom. The molecule has 5 rings (SSSR count). The second-order valence-corrected chi connectivity index (χ2v) is 7.77. The summed E-state index contributed by atoms with van der Waals surface area (Å²) in [5.74, 6) is 1.71. The number of nitrogens with zero attached hydrogens (tertiary/aromatic N) is 3. The molecule has 33 heavy (non-hydrogen) atoms. The maximum atomic E-state index is 12.6. The first kappa shape index (κ1) is 20.6. The highest BCUT2D eigenvalue weighted by atomic mass is 16.5. The Bertz CT molecular complexity index is 1420. The predicted octanol–water partition coefficient (Wildman–Crippen LogP) is 3.89. The SMILES string of the molecule is COc1ccc(OC)c(C2C(C(N)=O)=C(C)Nc3nc(-c4cccc5ccccc45)nn32)c1. The third-order valence-corrected chi connectivity index (χ3v) is 5.88. The van der Waals surface area contributed by atoms with Crippen LogP contribution in [0.5, 0.6) is 11.5 Å². The molecular formula is C25H23N5O3. The van der Waals surface area contributed by atoms with Crippen LogP contribution in [0.25, 0.3) is 22.2 Å². The summed E-state index contributed by atoms with van der Waals surface area (Å²) < 4.78 is 12.7. The molecule has 166 valence electrons. The standard InChI is InChI=1S/C25H23N5O3/c1-14-21(23(26)31)22(19-13-16(32-2)11-12-20(19)33-3)30-25(27-14)28-24(29-30)18-10-6-8-15-7-4-5-9-17(15)18/h4-13,22H,1-3H3,(H2,26,31)(H,27,28,29). The first-order valence-corrected chi connectivity index (χ1v) is 10.5. The van der Waals surface area contributed by atoms with Crippen molar-refractivity contribution in [2.45, 2.75) is 13.0 Å². The fraction of sp³-hybridized carbons (Fsp3) is 0.160. The molecule has 0 saturated carbocycles. The normalized spacial score (nSPS) is 15.2. The average Bonchev–Trinajstić information content (AvgIpc) is 3.25.